The first-order valence-electron chi connectivity index (χ1n) is 9.97. The van der Waals surface area contributed by atoms with E-state index in [9.17, 15) is 0 Å². The maximum atomic E-state index is 4.62. The van der Waals surface area contributed by atoms with Crippen molar-refractivity contribution < 1.29 is 0 Å². The van der Waals surface area contributed by atoms with Crippen molar-refractivity contribution in [2.75, 3.05) is 0 Å². The van der Waals surface area contributed by atoms with E-state index in [1.807, 2.05) is 12.3 Å². The minimum atomic E-state index is 0.226. The number of benzene rings is 3. The molecule has 1 aromatic heterocycles. The second-order valence-electron chi connectivity index (χ2n) is 8.11. The van der Waals surface area contributed by atoms with Crippen molar-refractivity contribution in [1.82, 2.24) is 4.98 Å². The molecule has 0 bridgehead atoms. The number of nitrogens with zero attached hydrogens (tertiary/aromatic N) is 1. The van der Waals surface area contributed by atoms with E-state index < -0.39 is 0 Å². The summed E-state index contributed by atoms with van der Waals surface area (Å²) in [5, 5.41) is 3.68. The highest BCUT2D eigenvalue weighted by Gasteiger charge is 2.20. The number of fused-ring (bicyclic) bond motifs is 3. The van der Waals surface area contributed by atoms with Crippen molar-refractivity contribution in [2.24, 2.45) is 0 Å². The predicted octanol–water partition coefficient (Wildman–Crippen LogP) is 7.52. The minimum absolute atomic E-state index is 0.226. The van der Waals surface area contributed by atoms with Crippen molar-refractivity contribution >= 4 is 21.7 Å². The fourth-order valence-corrected chi connectivity index (χ4v) is 4.02. The largest absolute Gasteiger partial charge is 0.256 e. The van der Waals surface area contributed by atoms with Gasteiger partial charge in [0.05, 0.1) is 5.52 Å². The molecule has 0 aliphatic heterocycles. The molecule has 0 unspecified atom stereocenters. The normalized spacial score (nSPS) is 12.0. The van der Waals surface area contributed by atoms with E-state index in [0.717, 1.165) is 5.52 Å². The molecule has 0 amide bonds. The van der Waals surface area contributed by atoms with Crippen LogP contribution < -0.4 is 0 Å². The highest BCUT2D eigenvalue weighted by molar-refractivity contribution is 6.12. The zero-order valence-electron chi connectivity index (χ0n) is 16.5. The molecule has 0 radical (unpaired) electrons. The molecule has 4 aromatic rings. The molecular formula is C26H27N. The molecule has 0 saturated heterocycles. The van der Waals surface area contributed by atoms with Gasteiger partial charge in [-0.2, -0.15) is 0 Å². The van der Waals surface area contributed by atoms with Gasteiger partial charge in [-0.3, -0.25) is 4.98 Å². The van der Waals surface area contributed by atoms with Gasteiger partial charge in [-0.1, -0.05) is 88.2 Å². The van der Waals surface area contributed by atoms with E-state index in [4.69, 9.17) is 0 Å². The van der Waals surface area contributed by atoms with Gasteiger partial charge in [-0.15, -0.1) is 0 Å². The molecule has 0 aliphatic rings. The summed E-state index contributed by atoms with van der Waals surface area (Å²) in [6.07, 6.45) is 5.63. The summed E-state index contributed by atoms with van der Waals surface area (Å²) in [6.45, 7) is 6.97. The van der Waals surface area contributed by atoms with Crippen LogP contribution in [0.25, 0.3) is 32.8 Å². The summed E-state index contributed by atoms with van der Waals surface area (Å²) in [5.41, 5.74) is 5.28. The molecule has 3 aromatic carbocycles. The van der Waals surface area contributed by atoms with Gasteiger partial charge in [0.1, 0.15) is 0 Å². The molecule has 0 aliphatic carbocycles. The highest BCUT2D eigenvalue weighted by Crippen LogP contribution is 2.36. The van der Waals surface area contributed by atoms with Crippen molar-refractivity contribution in [3.05, 3.63) is 78.5 Å². The van der Waals surface area contributed by atoms with Gasteiger partial charge in [0.2, 0.25) is 0 Å². The van der Waals surface area contributed by atoms with E-state index in [-0.39, 0.29) is 5.41 Å². The van der Waals surface area contributed by atoms with Crippen molar-refractivity contribution in [3.8, 4) is 11.1 Å². The Balaban J connectivity index is 1.82. The molecule has 27 heavy (non-hydrogen) atoms. The van der Waals surface area contributed by atoms with Crippen LogP contribution in [0.2, 0.25) is 0 Å². The monoisotopic (exact) mass is 353 g/mol. The van der Waals surface area contributed by atoms with Crippen LogP contribution >= 0.6 is 0 Å². The Hall–Kier alpha value is -2.67. The van der Waals surface area contributed by atoms with Crippen LogP contribution in [-0.2, 0) is 5.41 Å². The lowest BCUT2D eigenvalue weighted by atomic mass is 9.79. The third-order valence-corrected chi connectivity index (χ3v) is 5.74. The first kappa shape index (κ1) is 17.7. The lowest BCUT2D eigenvalue weighted by molar-refractivity contribution is 0.458. The summed E-state index contributed by atoms with van der Waals surface area (Å²) in [4.78, 5) is 4.62. The SMILES string of the molecule is CCCCC(C)(C)c1ccc(-c2cc3cccnc3c3ccccc23)cc1. The van der Waals surface area contributed by atoms with Crippen molar-refractivity contribution in [1.29, 1.82) is 0 Å². The minimum Gasteiger partial charge on any atom is -0.256 e. The third kappa shape index (κ3) is 3.35. The van der Waals surface area contributed by atoms with Gasteiger partial charge in [0.25, 0.3) is 0 Å². The second kappa shape index (κ2) is 7.15. The van der Waals surface area contributed by atoms with Crippen LogP contribution in [0, 0.1) is 0 Å². The summed E-state index contributed by atoms with van der Waals surface area (Å²) in [7, 11) is 0. The molecular weight excluding hydrogens is 326 g/mol. The molecule has 4 rings (SSSR count). The number of pyridine rings is 1. The van der Waals surface area contributed by atoms with Crippen LogP contribution in [0.3, 0.4) is 0 Å². The molecule has 0 atom stereocenters. The zero-order valence-corrected chi connectivity index (χ0v) is 16.5. The van der Waals surface area contributed by atoms with Gasteiger partial charge < -0.3 is 0 Å². The summed E-state index contributed by atoms with van der Waals surface area (Å²) >= 11 is 0. The number of unbranched alkanes of at least 4 members (excludes halogenated alkanes) is 1. The molecule has 0 N–H and O–H groups in total. The molecule has 0 fully saturated rings. The Morgan fingerprint density at radius 3 is 2.33 bits per heavy atom. The molecule has 0 spiro atoms. The Morgan fingerprint density at radius 1 is 0.852 bits per heavy atom. The van der Waals surface area contributed by atoms with Gasteiger partial charge in [0.15, 0.2) is 0 Å². The Bertz CT molecular complexity index is 1070. The number of hydrogen-bond acceptors (Lipinski definition) is 1. The quantitative estimate of drug-likeness (QED) is 0.338. The van der Waals surface area contributed by atoms with Crippen molar-refractivity contribution in [3.63, 3.8) is 0 Å². The fourth-order valence-electron chi connectivity index (χ4n) is 4.02. The van der Waals surface area contributed by atoms with E-state index >= 15 is 0 Å². The maximum absolute atomic E-state index is 4.62. The second-order valence-corrected chi connectivity index (χ2v) is 8.11. The first-order chi connectivity index (χ1) is 13.1. The highest BCUT2D eigenvalue weighted by atomic mass is 14.6. The van der Waals surface area contributed by atoms with E-state index in [1.165, 1.54) is 52.1 Å². The van der Waals surface area contributed by atoms with Crippen molar-refractivity contribution in [2.45, 2.75) is 45.4 Å². The molecule has 1 heterocycles. The van der Waals surface area contributed by atoms with Crippen LogP contribution in [0.5, 0.6) is 0 Å². The van der Waals surface area contributed by atoms with Gasteiger partial charge in [0, 0.05) is 17.0 Å². The third-order valence-electron chi connectivity index (χ3n) is 5.74. The Kier molecular flexibility index (Phi) is 4.70. The number of rotatable bonds is 5. The smallest absolute Gasteiger partial charge is 0.0780 e. The maximum Gasteiger partial charge on any atom is 0.0780 e. The first-order valence-corrected chi connectivity index (χ1v) is 9.97. The van der Waals surface area contributed by atoms with Crippen LogP contribution in [-0.4, -0.2) is 4.98 Å². The molecule has 136 valence electrons. The molecule has 0 saturated carbocycles. The topological polar surface area (TPSA) is 12.9 Å². The summed E-state index contributed by atoms with van der Waals surface area (Å²) < 4.78 is 0. The Morgan fingerprint density at radius 2 is 1.59 bits per heavy atom. The van der Waals surface area contributed by atoms with Gasteiger partial charge >= 0.3 is 0 Å². The number of hydrogen-bond donors (Lipinski definition) is 0. The Labute approximate surface area is 162 Å². The van der Waals surface area contributed by atoms with Crippen LogP contribution in [0.15, 0.2) is 72.9 Å². The summed E-state index contributed by atoms with van der Waals surface area (Å²) in [6, 6.07) is 24.2. The van der Waals surface area contributed by atoms with E-state index in [1.54, 1.807) is 0 Å². The average molecular weight is 354 g/mol. The molecule has 1 heteroatoms. The van der Waals surface area contributed by atoms with Crippen LogP contribution in [0.4, 0.5) is 0 Å². The fraction of sp³-hybridized carbons (Fsp3) is 0.269. The average Bonchev–Trinajstić information content (AvgIpc) is 2.72. The van der Waals surface area contributed by atoms with Gasteiger partial charge in [-0.05, 0) is 46.0 Å². The lowest BCUT2D eigenvalue weighted by Crippen LogP contribution is -2.16. The van der Waals surface area contributed by atoms with E-state index in [0.29, 0.717) is 0 Å². The lowest BCUT2D eigenvalue weighted by Gasteiger charge is -2.25. The van der Waals surface area contributed by atoms with Crippen LogP contribution in [0.1, 0.15) is 45.6 Å². The predicted molar refractivity (Wildman–Crippen MR) is 117 cm³/mol. The molecule has 1 nitrogen and oxygen atoms in total. The zero-order chi connectivity index (χ0) is 18.9. The van der Waals surface area contributed by atoms with Gasteiger partial charge in [-0.25, -0.2) is 0 Å². The standard InChI is InChI=1S/C26H27N/c1-4-5-16-26(2,3)21-14-12-19(13-15-21)24-18-20-9-8-17-27-25(20)23-11-7-6-10-22(23)24/h6-15,17-18H,4-5,16H2,1-3H3. The number of aromatic nitrogens is 1. The summed E-state index contributed by atoms with van der Waals surface area (Å²) in [5.74, 6) is 0. The van der Waals surface area contributed by atoms with E-state index in [2.05, 4.69) is 86.4 Å².